The molecule has 1 aliphatic rings. The van der Waals surface area contributed by atoms with Gasteiger partial charge in [-0.15, -0.1) is 3.89 Å². The Labute approximate surface area is 148 Å². The second-order valence-electron chi connectivity index (χ2n) is 6.25. The molecule has 1 N–H and O–H groups in total. The average Bonchev–Trinajstić information content (AvgIpc) is 3.07. The minimum Gasteiger partial charge on any atom is -0.396 e. The topological polar surface area (TPSA) is 54.2 Å². The molecule has 5 nitrogen and oxygen atoms in total. The van der Waals surface area contributed by atoms with Crippen molar-refractivity contribution in [3.05, 3.63) is 30.2 Å². The van der Waals surface area contributed by atoms with Gasteiger partial charge in [0.2, 0.25) is 0 Å². The fraction of sp³-hybridized carbons (Fsp3) is 0.500. The largest absolute Gasteiger partial charge is 0.396 e. The van der Waals surface area contributed by atoms with E-state index in [1.54, 1.807) is 12.1 Å². The monoisotopic (exact) mass is 372 g/mol. The van der Waals surface area contributed by atoms with Crippen molar-refractivity contribution in [3.63, 3.8) is 0 Å². The third-order valence-corrected chi connectivity index (χ3v) is 4.83. The van der Waals surface area contributed by atoms with E-state index in [2.05, 4.69) is 14.9 Å². The number of imidazole rings is 1. The highest BCUT2D eigenvalue weighted by Gasteiger charge is 2.30. The Morgan fingerprint density at radius 2 is 2.04 bits per heavy atom. The molecule has 3 heterocycles. The molecule has 3 rings (SSSR count). The van der Waals surface area contributed by atoms with Gasteiger partial charge in [-0.25, -0.2) is 13.9 Å². The predicted molar refractivity (Wildman–Crippen MR) is 91.1 cm³/mol. The van der Waals surface area contributed by atoms with Crippen molar-refractivity contribution in [3.8, 4) is 11.4 Å². The van der Waals surface area contributed by atoms with Crippen LogP contribution in [0.25, 0.3) is 11.4 Å². The summed E-state index contributed by atoms with van der Waals surface area (Å²) in [7, 11) is 0. The highest BCUT2D eigenvalue weighted by atomic mass is 32.2. The Morgan fingerprint density at radius 1 is 1.32 bits per heavy atom. The molecule has 2 aromatic rings. The molecule has 0 spiro atoms. The molecule has 1 fully saturated rings. The Kier molecular flexibility index (Phi) is 5.24. The van der Waals surface area contributed by atoms with Gasteiger partial charge in [-0.05, 0) is 30.9 Å². The van der Waals surface area contributed by atoms with E-state index in [4.69, 9.17) is 0 Å². The van der Waals surface area contributed by atoms with Crippen LogP contribution in [0.1, 0.15) is 25.5 Å². The van der Waals surface area contributed by atoms with Crippen molar-refractivity contribution in [1.29, 1.82) is 0 Å². The zero-order chi connectivity index (χ0) is 18.0. The maximum Gasteiger partial charge on any atom is 0.288 e. The molecule has 0 bridgehead atoms. The first-order chi connectivity index (χ1) is 11.9. The quantitative estimate of drug-likeness (QED) is 0.868. The number of anilines is 1. The molecule has 0 amide bonds. The van der Waals surface area contributed by atoms with Gasteiger partial charge in [-0.1, -0.05) is 0 Å². The molecule has 25 heavy (non-hydrogen) atoms. The SMILES string of the molecule is CC(F)(F)c1cn(SF)c(-c2ccc(N3CCC(CO)CC3)nc2)n1. The van der Waals surface area contributed by atoms with Crippen molar-refractivity contribution in [2.75, 3.05) is 24.6 Å². The first-order valence-electron chi connectivity index (χ1n) is 8.01. The number of hydrogen-bond acceptors (Lipinski definition) is 5. The molecule has 0 aliphatic carbocycles. The molecule has 2 aromatic heterocycles. The van der Waals surface area contributed by atoms with Crippen LogP contribution < -0.4 is 4.90 Å². The first-order valence-corrected chi connectivity index (χ1v) is 8.68. The summed E-state index contributed by atoms with van der Waals surface area (Å²) in [5.74, 6) is -1.94. The van der Waals surface area contributed by atoms with Crippen LogP contribution >= 0.6 is 12.3 Å². The standard InChI is InChI=1S/C16H19F3N4OS/c1-16(17,18)13-9-23(25-19)15(21-13)12-2-3-14(20-8-12)22-6-4-11(10-24)5-7-22/h2-3,8-9,11,24H,4-7,10H2,1H3. The number of hydrogen-bond donors (Lipinski definition) is 1. The van der Waals surface area contributed by atoms with Gasteiger partial charge in [-0.2, -0.15) is 8.78 Å². The Bertz CT molecular complexity index is 709. The molecular formula is C16H19F3N4OS. The predicted octanol–water partition coefficient (Wildman–Crippen LogP) is 3.65. The van der Waals surface area contributed by atoms with Gasteiger partial charge < -0.3 is 10.0 Å². The number of nitrogens with zero attached hydrogens (tertiary/aromatic N) is 4. The Hall–Kier alpha value is -1.74. The molecule has 136 valence electrons. The lowest BCUT2D eigenvalue weighted by atomic mass is 9.98. The van der Waals surface area contributed by atoms with Crippen LogP contribution in [0.2, 0.25) is 0 Å². The fourth-order valence-electron chi connectivity index (χ4n) is 2.87. The maximum atomic E-state index is 13.4. The maximum absolute atomic E-state index is 13.4. The summed E-state index contributed by atoms with van der Waals surface area (Å²) < 4.78 is 40.9. The minimum absolute atomic E-state index is 0.0991. The lowest BCUT2D eigenvalue weighted by Gasteiger charge is -2.31. The van der Waals surface area contributed by atoms with E-state index < -0.39 is 11.6 Å². The van der Waals surface area contributed by atoms with Gasteiger partial charge in [0.05, 0.1) is 0 Å². The zero-order valence-electron chi connectivity index (χ0n) is 13.7. The summed E-state index contributed by atoms with van der Waals surface area (Å²) in [4.78, 5) is 10.3. The Balaban J connectivity index is 1.80. The van der Waals surface area contributed by atoms with Gasteiger partial charge in [0.25, 0.3) is 5.92 Å². The van der Waals surface area contributed by atoms with Gasteiger partial charge >= 0.3 is 0 Å². The molecule has 0 unspecified atom stereocenters. The number of halogens is 3. The van der Waals surface area contributed by atoms with Crippen LogP contribution in [0.15, 0.2) is 24.5 Å². The normalized spacial score (nSPS) is 16.4. The highest BCUT2D eigenvalue weighted by molar-refractivity contribution is 7.92. The summed E-state index contributed by atoms with van der Waals surface area (Å²) in [6, 6.07) is 3.48. The van der Waals surface area contributed by atoms with Crippen LogP contribution in [0, 0.1) is 5.92 Å². The molecular weight excluding hydrogens is 353 g/mol. The van der Waals surface area contributed by atoms with Crippen molar-refractivity contribution in [2.24, 2.45) is 5.92 Å². The van der Waals surface area contributed by atoms with E-state index in [1.807, 2.05) is 0 Å². The second kappa shape index (κ2) is 7.25. The number of rotatable bonds is 5. The average molecular weight is 372 g/mol. The fourth-order valence-corrected chi connectivity index (χ4v) is 3.22. The van der Waals surface area contributed by atoms with E-state index in [9.17, 15) is 17.8 Å². The van der Waals surface area contributed by atoms with E-state index in [0.717, 1.165) is 48.8 Å². The van der Waals surface area contributed by atoms with E-state index >= 15 is 0 Å². The molecule has 0 aromatic carbocycles. The van der Waals surface area contributed by atoms with E-state index in [1.165, 1.54) is 6.20 Å². The third-order valence-electron chi connectivity index (χ3n) is 4.40. The van der Waals surface area contributed by atoms with Crippen LogP contribution in [-0.2, 0) is 5.92 Å². The molecule has 0 radical (unpaired) electrons. The van der Waals surface area contributed by atoms with Crippen LogP contribution in [0.3, 0.4) is 0 Å². The third kappa shape index (κ3) is 3.92. The number of aliphatic hydroxyl groups is 1. The van der Waals surface area contributed by atoms with Crippen molar-refractivity contribution >= 4 is 18.2 Å². The first kappa shape index (κ1) is 18.1. The van der Waals surface area contributed by atoms with Crippen LogP contribution in [-0.4, -0.2) is 38.7 Å². The van der Waals surface area contributed by atoms with Crippen LogP contribution in [0.5, 0.6) is 0 Å². The molecule has 0 saturated carbocycles. The molecule has 9 heteroatoms. The Morgan fingerprint density at radius 3 is 2.56 bits per heavy atom. The smallest absolute Gasteiger partial charge is 0.288 e. The van der Waals surface area contributed by atoms with Gasteiger partial charge in [0.1, 0.15) is 11.5 Å². The van der Waals surface area contributed by atoms with Gasteiger partial charge in [0.15, 0.2) is 18.2 Å². The number of aromatic nitrogens is 3. The van der Waals surface area contributed by atoms with E-state index in [-0.39, 0.29) is 24.8 Å². The highest BCUT2D eigenvalue weighted by Crippen LogP contribution is 2.32. The molecule has 1 aliphatic heterocycles. The summed E-state index contributed by atoms with van der Waals surface area (Å²) in [6.07, 6.45) is 4.31. The zero-order valence-corrected chi connectivity index (χ0v) is 14.5. The number of pyridine rings is 1. The lowest BCUT2D eigenvalue weighted by molar-refractivity contribution is 0.0132. The molecule has 1 saturated heterocycles. The van der Waals surface area contributed by atoms with Crippen molar-refractivity contribution in [1.82, 2.24) is 13.9 Å². The van der Waals surface area contributed by atoms with Gasteiger partial charge in [-0.3, -0.25) is 0 Å². The number of aliphatic hydroxyl groups excluding tert-OH is 1. The van der Waals surface area contributed by atoms with Crippen molar-refractivity contribution in [2.45, 2.75) is 25.7 Å². The van der Waals surface area contributed by atoms with Crippen LogP contribution in [0.4, 0.5) is 18.5 Å². The summed E-state index contributed by atoms with van der Waals surface area (Å²) in [6.45, 7) is 2.54. The number of piperidine rings is 1. The van der Waals surface area contributed by atoms with E-state index in [0.29, 0.717) is 11.5 Å². The summed E-state index contributed by atoms with van der Waals surface area (Å²) in [5, 5.41) is 9.19. The van der Waals surface area contributed by atoms with Gasteiger partial charge in [0, 0.05) is 44.6 Å². The molecule has 0 atom stereocenters. The summed E-state index contributed by atoms with van der Waals surface area (Å²) in [5.41, 5.74) is -0.0163. The minimum atomic E-state index is -3.14. The lowest BCUT2D eigenvalue weighted by Crippen LogP contribution is -2.35. The summed E-state index contributed by atoms with van der Waals surface area (Å²) >= 11 is -0.179. The van der Waals surface area contributed by atoms with Crippen molar-refractivity contribution < 1.29 is 17.8 Å². The number of alkyl halides is 2. The second-order valence-corrected chi connectivity index (χ2v) is 6.78.